The first-order chi connectivity index (χ1) is 12.5. The number of rotatable bonds is 7. The molecule has 0 fully saturated rings. The van der Waals surface area contributed by atoms with Crippen LogP contribution in [0.1, 0.15) is 39.6 Å². The molecule has 0 aliphatic carbocycles. The summed E-state index contributed by atoms with van der Waals surface area (Å²) < 4.78 is 15.7. The fourth-order valence-corrected chi connectivity index (χ4v) is 2.39. The summed E-state index contributed by atoms with van der Waals surface area (Å²) in [5.41, 5.74) is 2.24. The minimum Gasteiger partial charge on any atom is -0.496 e. The fourth-order valence-electron chi connectivity index (χ4n) is 2.39. The highest BCUT2D eigenvalue weighted by molar-refractivity contribution is 6.05. The zero-order chi connectivity index (χ0) is 19.1. The molecular weight excluding hydrogens is 334 g/mol. The lowest BCUT2D eigenvalue weighted by Gasteiger charge is -2.13. The number of carbonyl (C=O) groups is 2. The van der Waals surface area contributed by atoms with Crippen molar-refractivity contribution in [2.24, 2.45) is 0 Å². The van der Waals surface area contributed by atoms with Crippen molar-refractivity contribution in [3.05, 3.63) is 53.1 Å². The van der Waals surface area contributed by atoms with Crippen LogP contribution in [-0.2, 0) is 4.74 Å². The summed E-state index contributed by atoms with van der Waals surface area (Å²) in [6, 6.07) is 9.85. The second kappa shape index (κ2) is 8.89. The number of carbonyl (C=O) groups excluding carboxylic acids is 2. The maximum absolute atomic E-state index is 12.5. The molecule has 6 heteroatoms. The summed E-state index contributed by atoms with van der Waals surface area (Å²) in [6.07, 6.45) is 0.767. The maximum atomic E-state index is 12.5. The number of benzene rings is 2. The van der Waals surface area contributed by atoms with E-state index in [4.69, 9.17) is 14.2 Å². The van der Waals surface area contributed by atoms with Gasteiger partial charge in [0.25, 0.3) is 5.91 Å². The smallest absolute Gasteiger partial charge is 0.338 e. The Kier molecular flexibility index (Phi) is 6.60. The first-order valence-electron chi connectivity index (χ1n) is 8.31. The summed E-state index contributed by atoms with van der Waals surface area (Å²) in [6.45, 7) is 4.17. The second-order valence-corrected chi connectivity index (χ2v) is 5.67. The summed E-state index contributed by atoms with van der Waals surface area (Å²) in [5.74, 6) is 0.465. The van der Waals surface area contributed by atoms with Gasteiger partial charge in [0.1, 0.15) is 11.5 Å². The molecule has 0 atom stereocenters. The van der Waals surface area contributed by atoms with E-state index in [1.165, 1.54) is 0 Å². The molecule has 0 heterocycles. The number of ether oxygens (including phenoxy) is 3. The van der Waals surface area contributed by atoms with Crippen molar-refractivity contribution in [3.8, 4) is 11.5 Å². The highest BCUT2D eigenvalue weighted by Gasteiger charge is 2.14. The zero-order valence-corrected chi connectivity index (χ0v) is 15.4. The Hall–Kier alpha value is -3.02. The molecule has 0 saturated heterocycles. The van der Waals surface area contributed by atoms with Crippen LogP contribution in [0, 0.1) is 6.92 Å². The van der Waals surface area contributed by atoms with E-state index in [1.807, 2.05) is 13.8 Å². The molecule has 0 aromatic heterocycles. The first-order valence-corrected chi connectivity index (χ1v) is 8.31. The molecule has 0 aliphatic rings. The minimum atomic E-state index is -0.377. The highest BCUT2D eigenvalue weighted by Crippen LogP contribution is 2.29. The molecule has 0 radical (unpaired) electrons. The Balaban J connectivity index is 2.13. The molecule has 0 bridgehead atoms. The van der Waals surface area contributed by atoms with E-state index in [2.05, 4.69) is 5.32 Å². The van der Waals surface area contributed by atoms with Crippen LogP contribution in [0.15, 0.2) is 36.4 Å². The van der Waals surface area contributed by atoms with Gasteiger partial charge in [0.2, 0.25) is 0 Å². The van der Waals surface area contributed by atoms with E-state index >= 15 is 0 Å². The Labute approximate surface area is 153 Å². The Bertz CT molecular complexity index is 758. The van der Waals surface area contributed by atoms with Crippen LogP contribution in [-0.4, -0.2) is 32.7 Å². The van der Waals surface area contributed by atoms with Crippen LogP contribution < -0.4 is 14.8 Å². The van der Waals surface area contributed by atoms with Crippen molar-refractivity contribution in [2.45, 2.75) is 20.3 Å². The van der Waals surface area contributed by atoms with Crippen molar-refractivity contribution in [3.63, 3.8) is 0 Å². The number of amides is 1. The summed E-state index contributed by atoms with van der Waals surface area (Å²) >= 11 is 0. The minimum absolute atomic E-state index is 0.303. The van der Waals surface area contributed by atoms with Crippen molar-refractivity contribution in [1.82, 2.24) is 0 Å². The predicted octanol–water partition coefficient (Wildman–Crippen LogP) is 3.83. The van der Waals surface area contributed by atoms with Gasteiger partial charge in [0, 0.05) is 16.8 Å². The third-order valence-electron chi connectivity index (χ3n) is 3.83. The third kappa shape index (κ3) is 4.53. The standard InChI is InChI=1S/C20H23NO5/c1-5-10-26-20(23)14-6-8-16(9-7-14)21-19(22)15-11-17(24-3)13(2)18(12-15)25-4/h6-9,11-12H,5,10H2,1-4H3,(H,21,22). The van der Waals surface area contributed by atoms with Gasteiger partial charge in [-0.2, -0.15) is 0 Å². The lowest BCUT2D eigenvalue weighted by Crippen LogP contribution is -2.13. The number of nitrogens with one attached hydrogen (secondary N) is 1. The van der Waals surface area contributed by atoms with Gasteiger partial charge in [0.15, 0.2) is 0 Å². The summed E-state index contributed by atoms with van der Waals surface area (Å²) in [5, 5.41) is 2.79. The molecule has 2 rings (SSSR count). The molecule has 6 nitrogen and oxygen atoms in total. The molecule has 1 N–H and O–H groups in total. The van der Waals surface area contributed by atoms with E-state index in [0.717, 1.165) is 12.0 Å². The summed E-state index contributed by atoms with van der Waals surface area (Å²) in [4.78, 5) is 24.3. The molecule has 0 unspecified atom stereocenters. The van der Waals surface area contributed by atoms with Gasteiger partial charge in [0.05, 0.1) is 26.4 Å². The molecule has 1 amide bonds. The first kappa shape index (κ1) is 19.3. The average molecular weight is 357 g/mol. The van der Waals surface area contributed by atoms with Crippen LogP contribution in [0.2, 0.25) is 0 Å². The van der Waals surface area contributed by atoms with Gasteiger partial charge < -0.3 is 19.5 Å². The molecule has 26 heavy (non-hydrogen) atoms. The highest BCUT2D eigenvalue weighted by atomic mass is 16.5. The Morgan fingerprint density at radius 2 is 1.54 bits per heavy atom. The van der Waals surface area contributed by atoms with Crippen LogP contribution in [0.25, 0.3) is 0 Å². The predicted molar refractivity (Wildman–Crippen MR) is 99.3 cm³/mol. The van der Waals surface area contributed by atoms with Gasteiger partial charge in [-0.3, -0.25) is 4.79 Å². The van der Waals surface area contributed by atoms with Crippen LogP contribution in [0.5, 0.6) is 11.5 Å². The summed E-state index contributed by atoms with van der Waals surface area (Å²) in [7, 11) is 3.08. The lowest BCUT2D eigenvalue weighted by atomic mass is 10.1. The van der Waals surface area contributed by atoms with Crippen molar-refractivity contribution in [2.75, 3.05) is 26.1 Å². The van der Waals surface area contributed by atoms with Gasteiger partial charge in [-0.1, -0.05) is 6.92 Å². The Morgan fingerprint density at radius 1 is 0.962 bits per heavy atom. The van der Waals surface area contributed by atoms with E-state index in [1.54, 1.807) is 50.6 Å². The number of esters is 1. The van der Waals surface area contributed by atoms with Crippen LogP contribution >= 0.6 is 0 Å². The number of methoxy groups -OCH3 is 2. The van der Waals surface area contributed by atoms with Gasteiger partial charge in [-0.25, -0.2) is 4.79 Å². The monoisotopic (exact) mass is 357 g/mol. The van der Waals surface area contributed by atoms with E-state index in [0.29, 0.717) is 34.9 Å². The van der Waals surface area contributed by atoms with Crippen LogP contribution in [0.4, 0.5) is 5.69 Å². The molecule has 138 valence electrons. The van der Waals surface area contributed by atoms with Crippen molar-refractivity contribution < 1.29 is 23.8 Å². The molecule has 2 aromatic rings. The van der Waals surface area contributed by atoms with Crippen molar-refractivity contribution >= 4 is 17.6 Å². The zero-order valence-electron chi connectivity index (χ0n) is 15.4. The SMILES string of the molecule is CCCOC(=O)c1ccc(NC(=O)c2cc(OC)c(C)c(OC)c2)cc1. The van der Waals surface area contributed by atoms with E-state index < -0.39 is 0 Å². The number of anilines is 1. The van der Waals surface area contributed by atoms with Crippen molar-refractivity contribution in [1.29, 1.82) is 0 Å². The van der Waals surface area contributed by atoms with E-state index in [-0.39, 0.29) is 11.9 Å². The number of hydrogen-bond donors (Lipinski definition) is 1. The molecule has 0 aliphatic heterocycles. The van der Waals surface area contributed by atoms with Gasteiger partial charge in [-0.05, 0) is 49.7 Å². The quantitative estimate of drug-likeness (QED) is 0.762. The average Bonchev–Trinajstić information content (AvgIpc) is 2.66. The maximum Gasteiger partial charge on any atom is 0.338 e. The fraction of sp³-hybridized carbons (Fsp3) is 0.300. The molecule has 0 spiro atoms. The number of hydrogen-bond acceptors (Lipinski definition) is 5. The van der Waals surface area contributed by atoms with E-state index in [9.17, 15) is 9.59 Å². The molecule has 2 aromatic carbocycles. The lowest BCUT2D eigenvalue weighted by molar-refractivity contribution is 0.0505. The largest absolute Gasteiger partial charge is 0.496 e. The van der Waals surface area contributed by atoms with Gasteiger partial charge in [-0.15, -0.1) is 0 Å². The third-order valence-corrected chi connectivity index (χ3v) is 3.83. The normalized spacial score (nSPS) is 10.2. The van der Waals surface area contributed by atoms with Crippen LogP contribution in [0.3, 0.4) is 0 Å². The molecular formula is C20H23NO5. The Morgan fingerprint density at radius 3 is 2.04 bits per heavy atom. The second-order valence-electron chi connectivity index (χ2n) is 5.67. The van der Waals surface area contributed by atoms with Gasteiger partial charge >= 0.3 is 5.97 Å². The topological polar surface area (TPSA) is 73.9 Å². The molecule has 0 saturated carbocycles.